The molecule has 106 valence electrons. The summed E-state index contributed by atoms with van der Waals surface area (Å²) < 4.78 is 22.6. The van der Waals surface area contributed by atoms with E-state index in [0.29, 0.717) is 5.56 Å². The summed E-state index contributed by atoms with van der Waals surface area (Å²) in [6, 6.07) is 6.57. The van der Waals surface area contributed by atoms with E-state index in [4.69, 9.17) is 5.73 Å². The minimum atomic E-state index is -3.07. The van der Waals surface area contributed by atoms with Crippen LogP contribution >= 0.6 is 0 Å². The summed E-state index contributed by atoms with van der Waals surface area (Å²) in [5.41, 5.74) is 7.61. The van der Waals surface area contributed by atoms with Crippen molar-refractivity contribution in [1.29, 1.82) is 0 Å². The molecule has 19 heavy (non-hydrogen) atoms. The fraction of sp³-hybridized carbons (Fsp3) is 0.462. The van der Waals surface area contributed by atoms with Crippen molar-refractivity contribution in [3.05, 3.63) is 35.4 Å². The zero-order chi connectivity index (χ0) is 14.5. The number of nitrogens with one attached hydrogen (secondary N) is 1. The number of carbonyl (C=O) groups is 1. The van der Waals surface area contributed by atoms with Crippen molar-refractivity contribution in [2.24, 2.45) is 5.73 Å². The van der Waals surface area contributed by atoms with Crippen LogP contribution in [0.15, 0.2) is 24.3 Å². The lowest BCUT2D eigenvalue weighted by Crippen LogP contribution is -2.36. The highest BCUT2D eigenvalue weighted by Crippen LogP contribution is 2.11. The molecule has 1 amide bonds. The molecule has 1 aromatic rings. The molecule has 1 aromatic carbocycles. The number of hydrogen-bond acceptors (Lipinski definition) is 4. The number of sulfone groups is 1. The molecule has 1 atom stereocenters. The van der Waals surface area contributed by atoms with Gasteiger partial charge < -0.3 is 11.1 Å². The van der Waals surface area contributed by atoms with Crippen molar-refractivity contribution in [1.82, 2.24) is 5.32 Å². The van der Waals surface area contributed by atoms with Gasteiger partial charge in [0.2, 0.25) is 5.91 Å². The van der Waals surface area contributed by atoms with Crippen LogP contribution in [0.25, 0.3) is 0 Å². The van der Waals surface area contributed by atoms with Crippen molar-refractivity contribution in [2.75, 3.05) is 18.1 Å². The van der Waals surface area contributed by atoms with Crippen LogP contribution in [-0.2, 0) is 14.6 Å². The Hall–Kier alpha value is -1.40. The molecule has 3 N–H and O–H groups in total. The van der Waals surface area contributed by atoms with Crippen molar-refractivity contribution >= 4 is 15.7 Å². The molecule has 0 bridgehead atoms. The van der Waals surface area contributed by atoms with Crippen molar-refractivity contribution in [2.45, 2.75) is 19.9 Å². The van der Waals surface area contributed by atoms with Crippen LogP contribution in [-0.4, -0.2) is 32.4 Å². The van der Waals surface area contributed by atoms with E-state index >= 15 is 0 Å². The van der Waals surface area contributed by atoms with E-state index in [1.165, 1.54) is 0 Å². The van der Waals surface area contributed by atoms with Gasteiger partial charge in [-0.3, -0.25) is 4.79 Å². The smallest absolute Gasteiger partial charge is 0.241 e. The Kier molecular flexibility index (Phi) is 5.50. The van der Waals surface area contributed by atoms with Gasteiger partial charge in [-0.2, -0.15) is 0 Å². The number of rotatable bonds is 6. The zero-order valence-electron chi connectivity index (χ0n) is 11.2. The topological polar surface area (TPSA) is 89.3 Å². The van der Waals surface area contributed by atoms with Crippen LogP contribution in [0.3, 0.4) is 0 Å². The molecule has 0 aliphatic rings. The molecule has 0 saturated carbocycles. The van der Waals surface area contributed by atoms with Gasteiger partial charge in [0.15, 0.2) is 9.84 Å². The highest BCUT2D eigenvalue weighted by molar-refractivity contribution is 7.91. The number of aryl methyl sites for hydroxylation is 1. The van der Waals surface area contributed by atoms with Gasteiger partial charge in [-0.05, 0) is 12.5 Å². The predicted octanol–water partition coefficient (Wildman–Crippen LogP) is 0.546. The van der Waals surface area contributed by atoms with Crippen molar-refractivity contribution in [3.8, 4) is 0 Å². The van der Waals surface area contributed by atoms with Gasteiger partial charge in [-0.15, -0.1) is 0 Å². The third kappa shape index (κ3) is 5.00. The van der Waals surface area contributed by atoms with Gasteiger partial charge in [0, 0.05) is 12.3 Å². The molecule has 0 spiro atoms. The first-order valence-electron chi connectivity index (χ1n) is 6.16. The van der Waals surface area contributed by atoms with E-state index < -0.39 is 15.9 Å². The Morgan fingerprint density at radius 2 is 1.89 bits per heavy atom. The number of benzene rings is 1. The lowest BCUT2D eigenvalue weighted by molar-refractivity contribution is -0.122. The van der Waals surface area contributed by atoms with E-state index in [2.05, 4.69) is 5.32 Å². The van der Waals surface area contributed by atoms with Crippen molar-refractivity contribution < 1.29 is 13.2 Å². The fourth-order valence-electron chi connectivity index (χ4n) is 1.51. The Morgan fingerprint density at radius 3 is 2.42 bits per heavy atom. The second kappa shape index (κ2) is 6.68. The monoisotopic (exact) mass is 284 g/mol. The average Bonchev–Trinajstić information content (AvgIpc) is 2.38. The van der Waals surface area contributed by atoms with Crippen LogP contribution in [0.1, 0.15) is 24.1 Å². The highest BCUT2D eigenvalue weighted by Gasteiger charge is 2.16. The molecule has 1 unspecified atom stereocenters. The standard InChI is InChI=1S/C13H20N2O3S/c1-3-19(17,18)9-8-15-13(16)12(14)11-6-4-10(2)5-7-11/h4-7,12H,3,8-9,14H2,1-2H3,(H,15,16). The van der Waals surface area contributed by atoms with E-state index in [-0.39, 0.29) is 24.0 Å². The Morgan fingerprint density at radius 1 is 1.32 bits per heavy atom. The molecule has 5 nitrogen and oxygen atoms in total. The molecule has 0 saturated heterocycles. The molecular weight excluding hydrogens is 264 g/mol. The molecular formula is C13H20N2O3S. The first-order valence-corrected chi connectivity index (χ1v) is 7.98. The summed E-state index contributed by atoms with van der Waals surface area (Å²) >= 11 is 0. The lowest BCUT2D eigenvalue weighted by atomic mass is 10.1. The largest absolute Gasteiger partial charge is 0.353 e. The van der Waals surface area contributed by atoms with Crippen LogP contribution in [0.2, 0.25) is 0 Å². The van der Waals surface area contributed by atoms with Gasteiger partial charge in [0.25, 0.3) is 0 Å². The van der Waals surface area contributed by atoms with Gasteiger partial charge in [0.05, 0.1) is 5.75 Å². The van der Waals surface area contributed by atoms with Crippen LogP contribution in [0.4, 0.5) is 0 Å². The highest BCUT2D eigenvalue weighted by atomic mass is 32.2. The van der Waals surface area contributed by atoms with Gasteiger partial charge >= 0.3 is 0 Å². The van der Waals surface area contributed by atoms with Crippen LogP contribution in [0, 0.1) is 6.92 Å². The first-order chi connectivity index (χ1) is 8.85. The molecule has 0 aliphatic carbocycles. The van der Waals surface area contributed by atoms with E-state index in [9.17, 15) is 13.2 Å². The van der Waals surface area contributed by atoms with Gasteiger partial charge in [0.1, 0.15) is 6.04 Å². The lowest BCUT2D eigenvalue weighted by Gasteiger charge is -2.12. The zero-order valence-corrected chi connectivity index (χ0v) is 12.0. The molecule has 0 radical (unpaired) electrons. The Balaban J connectivity index is 2.52. The molecule has 6 heteroatoms. The van der Waals surface area contributed by atoms with Crippen LogP contribution < -0.4 is 11.1 Å². The summed E-state index contributed by atoms with van der Waals surface area (Å²) in [6.07, 6.45) is 0. The number of carbonyl (C=O) groups excluding carboxylic acids is 1. The Bertz CT molecular complexity index is 523. The van der Waals surface area contributed by atoms with Crippen LogP contribution in [0.5, 0.6) is 0 Å². The number of amides is 1. The third-order valence-corrected chi connectivity index (χ3v) is 4.58. The second-order valence-electron chi connectivity index (χ2n) is 4.42. The molecule has 0 aromatic heterocycles. The SMILES string of the molecule is CCS(=O)(=O)CCNC(=O)C(N)c1ccc(C)cc1. The Labute approximate surface area is 114 Å². The second-order valence-corrected chi connectivity index (χ2v) is 6.89. The quantitative estimate of drug-likeness (QED) is 0.798. The summed E-state index contributed by atoms with van der Waals surface area (Å²) in [7, 11) is -3.07. The molecule has 0 aliphatic heterocycles. The molecule has 0 fully saturated rings. The predicted molar refractivity (Wildman–Crippen MR) is 75.4 cm³/mol. The third-order valence-electron chi connectivity index (χ3n) is 2.87. The maximum absolute atomic E-state index is 11.8. The summed E-state index contributed by atoms with van der Waals surface area (Å²) in [5.74, 6) is -0.349. The van der Waals surface area contributed by atoms with E-state index in [0.717, 1.165) is 5.56 Å². The fourth-order valence-corrected chi connectivity index (χ4v) is 2.21. The van der Waals surface area contributed by atoms with Gasteiger partial charge in [-0.25, -0.2) is 8.42 Å². The van der Waals surface area contributed by atoms with E-state index in [1.807, 2.05) is 19.1 Å². The summed E-state index contributed by atoms with van der Waals surface area (Å²) in [6.45, 7) is 3.62. The normalized spacial score (nSPS) is 13.0. The minimum absolute atomic E-state index is 0.0597. The molecule has 0 heterocycles. The molecule has 1 rings (SSSR count). The average molecular weight is 284 g/mol. The number of nitrogens with two attached hydrogens (primary N) is 1. The maximum Gasteiger partial charge on any atom is 0.241 e. The van der Waals surface area contributed by atoms with Gasteiger partial charge in [-0.1, -0.05) is 36.8 Å². The maximum atomic E-state index is 11.8. The van der Waals surface area contributed by atoms with Crippen molar-refractivity contribution in [3.63, 3.8) is 0 Å². The summed E-state index contributed by atoms with van der Waals surface area (Å²) in [5, 5.41) is 2.54. The minimum Gasteiger partial charge on any atom is -0.353 e. The number of hydrogen-bond donors (Lipinski definition) is 2. The summed E-state index contributed by atoms with van der Waals surface area (Å²) in [4.78, 5) is 11.8. The first kappa shape index (κ1) is 15.7. The van der Waals surface area contributed by atoms with E-state index in [1.54, 1.807) is 19.1 Å².